The Morgan fingerprint density at radius 2 is 2.20 bits per heavy atom. The van der Waals surface area contributed by atoms with E-state index < -0.39 is 11.9 Å². The first-order chi connectivity index (χ1) is 7.02. The molecule has 4 nitrogen and oxygen atoms in total. The Balaban J connectivity index is 2.77. The number of rotatable bonds is 4. The Hall–Kier alpha value is -1.36. The number of carboxylic acids is 1. The highest BCUT2D eigenvalue weighted by atomic mass is 32.1. The molecule has 0 aliphatic rings. The Morgan fingerprint density at radius 3 is 2.60 bits per heavy atom. The molecule has 1 unspecified atom stereocenters. The lowest BCUT2D eigenvalue weighted by Crippen LogP contribution is -2.26. The van der Waals surface area contributed by atoms with E-state index in [2.05, 4.69) is 0 Å². The van der Waals surface area contributed by atoms with Crippen LogP contribution in [0.1, 0.15) is 17.2 Å². The third kappa shape index (κ3) is 3.06. The molecule has 0 aliphatic carbocycles. The highest BCUT2D eigenvalue weighted by Crippen LogP contribution is 2.25. The topological polar surface area (TPSA) is 57.6 Å². The number of aliphatic carboxylic acids is 1. The van der Waals surface area contributed by atoms with Crippen molar-refractivity contribution in [1.82, 2.24) is 4.90 Å². The van der Waals surface area contributed by atoms with E-state index in [4.69, 9.17) is 5.11 Å². The van der Waals surface area contributed by atoms with Gasteiger partial charge < -0.3 is 10.0 Å². The number of carboxylic acid groups (broad SMARTS) is 1. The van der Waals surface area contributed by atoms with Crippen LogP contribution in [0.3, 0.4) is 0 Å². The zero-order valence-corrected chi connectivity index (χ0v) is 9.45. The van der Waals surface area contributed by atoms with E-state index in [0.29, 0.717) is 0 Å². The van der Waals surface area contributed by atoms with Crippen LogP contribution in [0.15, 0.2) is 17.5 Å². The molecule has 0 fully saturated rings. The molecule has 0 radical (unpaired) electrons. The summed E-state index contributed by atoms with van der Waals surface area (Å²) in [4.78, 5) is 24.5. The maximum atomic E-state index is 11.4. The van der Waals surface area contributed by atoms with Crippen LogP contribution in [0.4, 0.5) is 0 Å². The summed E-state index contributed by atoms with van der Waals surface area (Å²) in [5.41, 5.74) is 0. The fourth-order valence-corrected chi connectivity index (χ4v) is 1.98. The summed E-state index contributed by atoms with van der Waals surface area (Å²) in [7, 11) is 3.24. The summed E-state index contributed by atoms with van der Waals surface area (Å²) in [6.45, 7) is 0. The first kappa shape index (κ1) is 11.7. The summed E-state index contributed by atoms with van der Waals surface area (Å²) < 4.78 is 0. The Bertz CT molecular complexity index is 346. The van der Waals surface area contributed by atoms with Gasteiger partial charge in [-0.1, -0.05) is 6.07 Å². The van der Waals surface area contributed by atoms with E-state index in [0.717, 1.165) is 4.88 Å². The van der Waals surface area contributed by atoms with E-state index in [1.807, 2.05) is 5.38 Å². The van der Waals surface area contributed by atoms with Crippen molar-refractivity contribution >= 4 is 23.2 Å². The number of hydrogen-bond acceptors (Lipinski definition) is 3. The van der Waals surface area contributed by atoms with Crippen molar-refractivity contribution in [2.45, 2.75) is 12.3 Å². The second-order valence-electron chi connectivity index (χ2n) is 3.40. The minimum absolute atomic E-state index is 0.0167. The molecule has 1 heterocycles. The molecule has 15 heavy (non-hydrogen) atoms. The van der Waals surface area contributed by atoms with Crippen molar-refractivity contribution in [3.8, 4) is 0 Å². The largest absolute Gasteiger partial charge is 0.481 e. The van der Waals surface area contributed by atoms with Crippen molar-refractivity contribution in [3.05, 3.63) is 22.4 Å². The molecule has 1 amide bonds. The van der Waals surface area contributed by atoms with Crippen LogP contribution in [-0.2, 0) is 9.59 Å². The number of carbonyl (C=O) groups is 2. The van der Waals surface area contributed by atoms with E-state index >= 15 is 0 Å². The number of hydrogen-bond donors (Lipinski definition) is 1. The van der Waals surface area contributed by atoms with E-state index in [1.165, 1.54) is 16.2 Å². The summed E-state index contributed by atoms with van der Waals surface area (Å²) >= 11 is 1.36. The third-order valence-electron chi connectivity index (χ3n) is 2.06. The van der Waals surface area contributed by atoms with Crippen molar-refractivity contribution in [3.63, 3.8) is 0 Å². The average molecular weight is 227 g/mol. The Labute approximate surface area is 92.1 Å². The van der Waals surface area contributed by atoms with Crippen molar-refractivity contribution in [2.24, 2.45) is 0 Å². The number of amides is 1. The molecule has 1 aromatic rings. The predicted octanol–water partition coefficient (Wildman–Crippen LogP) is 1.39. The van der Waals surface area contributed by atoms with Gasteiger partial charge >= 0.3 is 5.97 Å². The lowest BCUT2D eigenvalue weighted by molar-refractivity contribution is -0.142. The molecule has 1 atom stereocenters. The number of thiophene rings is 1. The zero-order chi connectivity index (χ0) is 11.4. The maximum Gasteiger partial charge on any atom is 0.312 e. The minimum atomic E-state index is -0.951. The molecule has 0 bridgehead atoms. The molecule has 1 aromatic heterocycles. The quantitative estimate of drug-likeness (QED) is 0.845. The number of nitrogens with zero attached hydrogens (tertiary/aromatic N) is 1. The first-order valence-electron chi connectivity index (χ1n) is 4.48. The molecular formula is C10H13NO3S. The smallest absolute Gasteiger partial charge is 0.312 e. The minimum Gasteiger partial charge on any atom is -0.481 e. The van der Waals surface area contributed by atoms with Gasteiger partial charge in [-0.15, -0.1) is 11.3 Å². The van der Waals surface area contributed by atoms with Gasteiger partial charge in [-0.05, 0) is 11.4 Å². The zero-order valence-electron chi connectivity index (χ0n) is 8.64. The van der Waals surface area contributed by atoms with E-state index in [1.54, 1.807) is 26.2 Å². The van der Waals surface area contributed by atoms with Gasteiger partial charge in [0.25, 0.3) is 0 Å². The maximum absolute atomic E-state index is 11.4. The molecule has 0 spiro atoms. The average Bonchev–Trinajstić information content (AvgIpc) is 2.65. The van der Waals surface area contributed by atoms with Crippen LogP contribution in [-0.4, -0.2) is 36.0 Å². The summed E-state index contributed by atoms with van der Waals surface area (Å²) in [6.07, 6.45) is 0.0167. The van der Waals surface area contributed by atoms with Gasteiger partial charge in [0.2, 0.25) is 5.91 Å². The fraction of sp³-hybridized carbons (Fsp3) is 0.400. The van der Waals surface area contributed by atoms with Gasteiger partial charge in [-0.2, -0.15) is 0 Å². The predicted molar refractivity (Wildman–Crippen MR) is 58.0 cm³/mol. The van der Waals surface area contributed by atoms with Gasteiger partial charge in [0, 0.05) is 25.4 Å². The van der Waals surface area contributed by atoms with Gasteiger partial charge in [-0.3, -0.25) is 9.59 Å². The second kappa shape index (κ2) is 4.93. The second-order valence-corrected chi connectivity index (χ2v) is 4.38. The summed E-state index contributed by atoms with van der Waals surface area (Å²) in [5.74, 6) is -1.84. The molecule has 82 valence electrons. The third-order valence-corrected chi connectivity index (χ3v) is 3.05. The lowest BCUT2D eigenvalue weighted by Gasteiger charge is -2.14. The first-order valence-corrected chi connectivity index (χ1v) is 5.36. The Morgan fingerprint density at radius 1 is 1.53 bits per heavy atom. The standard InChI is InChI=1S/C10H13NO3S/c1-11(2)9(12)6-7(10(13)14)8-4-3-5-15-8/h3-5,7H,6H2,1-2H3,(H,13,14). The summed E-state index contributed by atoms with van der Waals surface area (Å²) in [6, 6.07) is 3.53. The van der Waals surface area contributed by atoms with Crippen molar-refractivity contribution in [2.75, 3.05) is 14.1 Å². The number of carbonyl (C=O) groups excluding carboxylic acids is 1. The van der Waals surface area contributed by atoms with Crippen LogP contribution >= 0.6 is 11.3 Å². The van der Waals surface area contributed by atoms with Gasteiger partial charge in [0.05, 0.1) is 5.92 Å². The molecule has 0 aromatic carbocycles. The molecule has 0 saturated carbocycles. The van der Waals surface area contributed by atoms with Gasteiger partial charge in [-0.25, -0.2) is 0 Å². The Kier molecular flexibility index (Phi) is 3.85. The monoisotopic (exact) mass is 227 g/mol. The van der Waals surface area contributed by atoms with Crippen LogP contribution in [0.25, 0.3) is 0 Å². The van der Waals surface area contributed by atoms with Crippen LogP contribution in [0.5, 0.6) is 0 Å². The molecule has 1 N–H and O–H groups in total. The summed E-state index contributed by atoms with van der Waals surface area (Å²) in [5, 5.41) is 10.8. The van der Waals surface area contributed by atoms with Crippen molar-refractivity contribution in [1.29, 1.82) is 0 Å². The van der Waals surface area contributed by atoms with E-state index in [9.17, 15) is 9.59 Å². The van der Waals surface area contributed by atoms with Crippen LogP contribution in [0, 0.1) is 0 Å². The SMILES string of the molecule is CN(C)C(=O)CC(C(=O)O)c1cccs1. The van der Waals surface area contributed by atoms with Gasteiger partial charge in [0.15, 0.2) is 0 Å². The van der Waals surface area contributed by atoms with Crippen LogP contribution < -0.4 is 0 Å². The van der Waals surface area contributed by atoms with Crippen LogP contribution in [0.2, 0.25) is 0 Å². The molecule has 1 rings (SSSR count). The molecule has 5 heteroatoms. The molecule has 0 aliphatic heterocycles. The fourth-order valence-electron chi connectivity index (χ4n) is 1.16. The highest BCUT2D eigenvalue weighted by Gasteiger charge is 2.24. The van der Waals surface area contributed by atoms with Crippen molar-refractivity contribution < 1.29 is 14.7 Å². The van der Waals surface area contributed by atoms with Gasteiger partial charge in [0.1, 0.15) is 0 Å². The molecular weight excluding hydrogens is 214 g/mol. The highest BCUT2D eigenvalue weighted by molar-refractivity contribution is 7.10. The molecule has 0 saturated heterocycles. The van der Waals surface area contributed by atoms with E-state index in [-0.39, 0.29) is 12.3 Å². The normalized spacial score (nSPS) is 12.1. The lowest BCUT2D eigenvalue weighted by atomic mass is 10.0.